The first-order valence-electron chi connectivity index (χ1n) is 6.40. The van der Waals surface area contributed by atoms with Crippen LogP contribution < -0.4 is 0 Å². The van der Waals surface area contributed by atoms with Crippen molar-refractivity contribution in [3.8, 4) is 0 Å². The normalized spacial score (nSPS) is 22.6. The Hall–Kier alpha value is -1.43. The summed E-state index contributed by atoms with van der Waals surface area (Å²) in [6.45, 7) is 2.27. The van der Waals surface area contributed by atoms with Gasteiger partial charge in [0.05, 0.1) is 10.4 Å². The Morgan fingerprint density at radius 3 is 2.75 bits per heavy atom. The highest BCUT2D eigenvalue weighted by atomic mass is 79.9. The van der Waals surface area contributed by atoms with Crippen molar-refractivity contribution in [2.45, 2.75) is 25.8 Å². The molecule has 2 atom stereocenters. The Balaban J connectivity index is 2.23. The molecule has 20 heavy (non-hydrogen) atoms. The van der Waals surface area contributed by atoms with Crippen molar-refractivity contribution in [1.29, 1.82) is 0 Å². The SMILES string of the molecule is C[C@@H]1[C@H](C(=O)O)CCCN1C(=O)c1ccc(F)c(Br)c1. The maximum Gasteiger partial charge on any atom is 0.308 e. The third-order valence-electron chi connectivity index (χ3n) is 3.73. The Morgan fingerprint density at radius 1 is 1.45 bits per heavy atom. The van der Waals surface area contributed by atoms with Crippen LogP contribution in [0.3, 0.4) is 0 Å². The Morgan fingerprint density at radius 2 is 2.15 bits per heavy atom. The lowest BCUT2D eigenvalue weighted by Crippen LogP contribution is -2.49. The summed E-state index contributed by atoms with van der Waals surface area (Å²) in [5.74, 6) is -2.12. The molecular formula is C14H15BrFNO3. The van der Waals surface area contributed by atoms with Gasteiger partial charge in [0.1, 0.15) is 5.82 Å². The van der Waals surface area contributed by atoms with Gasteiger partial charge in [-0.25, -0.2) is 4.39 Å². The molecule has 0 saturated carbocycles. The van der Waals surface area contributed by atoms with E-state index in [1.807, 2.05) is 0 Å². The molecule has 1 aromatic rings. The molecule has 0 aromatic heterocycles. The number of piperidine rings is 1. The predicted octanol–water partition coefficient (Wildman–Crippen LogP) is 2.91. The summed E-state index contributed by atoms with van der Waals surface area (Å²) < 4.78 is 13.4. The molecule has 6 heteroatoms. The molecule has 0 spiro atoms. The number of carbonyl (C=O) groups excluding carboxylic acids is 1. The molecule has 1 aromatic carbocycles. The van der Waals surface area contributed by atoms with E-state index < -0.39 is 17.7 Å². The van der Waals surface area contributed by atoms with E-state index in [2.05, 4.69) is 15.9 Å². The van der Waals surface area contributed by atoms with E-state index in [0.717, 1.165) is 0 Å². The number of hydrogen-bond donors (Lipinski definition) is 1. The number of likely N-dealkylation sites (tertiary alicyclic amines) is 1. The van der Waals surface area contributed by atoms with Gasteiger partial charge in [0.25, 0.3) is 5.91 Å². The zero-order valence-corrected chi connectivity index (χ0v) is 12.6. The zero-order valence-electron chi connectivity index (χ0n) is 11.0. The molecule has 1 aliphatic rings. The Labute approximate surface area is 124 Å². The van der Waals surface area contributed by atoms with Gasteiger partial charge in [0.15, 0.2) is 0 Å². The van der Waals surface area contributed by atoms with Crippen molar-refractivity contribution >= 4 is 27.8 Å². The summed E-state index contributed by atoms with van der Waals surface area (Å²) in [5.41, 5.74) is 0.358. The molecule has 1 amide bonds. The van der Waals surface area contributed by atoms with Crippen molar-refractivity contribution in [3.63, 3.8) is 0 Å². The average Bonchev–Trinajstić information content (AvgIpc) is 2.41. The van der Waals surface area contributed by atoms with Gasteiger partial charge in [-0.2, -0.15) is 0 Å². The summed E-state index contributed by atoms with van der Waals surface area (Å²) >= 11 is 3.05. The second kappa shape index (κ2) is 5.91. The molecule has 1 fully saturated rings. The number of hydrogen-bond acceptors (Lipinski definition) is 2. The third kappa shape index (κ3) is 2.85. The first-order valence-corrected chi connectivity index (χ1v) is 7.20. The first kappa shape index (κ1) is 15.0. The van der Waals surface area contributed by atoms with Crippen LogP contribution in [0, 0.1) is 11.7 Å². The van der Waals surface area contributed by atoms with Crippen molar-refractivity contribution in [1.82, 2.24) is 4.90 Å². The molecule has 0 radical (unpaired) electrons. The maximum atomic E-state index is 13.2. The van der Waals surface area contributed by atoms with Gasteiger partial charge in [-0.1, -0.05) is 0 Å². The Bertz CT molecular complexity index is 549. The number of rotatable bonds is 2. The molecule has 4 nitrogen and oxygen atoms in total. The van der Waals surface area contributed by atoms with E-state index in [9.17, 15) is 14.0 Å². The lowest BCUT2D eigenvalue weighted by atomic mass is 9.90. The van der Waals surface area contributed by atoms with Gasteiger partial charge in [-0.3, -0.25) is 9.59 Å². The van der Waals surface area contributed by atoms with Crippen LogP contribution in [0.2, 0.25) is 0 Å². The fourth-order valence-corrected chi connectivity index (χ4v) is 2.93. The minimum atomic E-state index is -0.879. The van der Waals surface area contributed by atoms with Crippen LogP contribution in [-0.2, 0) is 4.79 Å². The van der Waals surface area contributed by atoms with Gasteiger partial charge in [-0.15, -0.1) is 0 Å². The van der Waals surface area contributed by atoms with Gasteiger partial charge < -0.3 is 10.0 Å². The maximum absolute atomic E-state index is 13.2. The van der Waals surface area contributed by atoms with E-state index in [1.165, 1.54) is 18.2 Å². The highest BCUT2D eigenvalue weighted by Gasteiger charge is 2.35. The molecule has 2 rings (SSSR count). The molecular weight excluding hydrogens is 329 g/mol. The molecule has 0 aliphatic carbocycles. The number of amides is 1. The van der Waals surface area contributed by atoms with Gasteiger partial charge >= 0.3 is 5.97 Å². The molecule has 0 bridgehead atoms. The minimum absolute atomic E-state index is 0.225. The molecule has 108 valence electrons. The number of carboxylic acid groups (broad SMARTS) is 1. The fraction of sp³-hybridized carbons (Fsp3) is 0.429. The lowest BCUT2D eigenvalue weighted by Gasteiger charge is -2.37. The van der Waals surface area contributed by atoms with E-state index in [0.29, 0.717) is 24.9 Å². The quantitative estimate of drug-likeness (QED) is 0.898. The minimum Gasteiger partial charge on any atom is -0.481 e. The highest BCUT2D eigenvalue weighted by Crippen LogP contribution is 2.26. The zero-order chi connectivity index (χ0) is 14.9. The van der Waals surface area contributed by atoms with Crippen molar-refractivity contribution in [2.24, 2.45) is 5.92 Å². The fourth-order valence-electron chi connectivity index (χ4n) is 2.55. The van der Waals surface area contributed by atoms with Crippen LogP contribution in [0.1, 0.15) is 30.1 Å². The summed E-state index contributed by atoms with van der Waals surface area (Å²) in [6.07, 6.45) is 1.24. The van der Waals surface area contributed by atoms with Crippen molar-refractivity contribution in [3.05, 3.63) is 34.1 Å². The van der Waals surface area contributed by atoms with E-state index >= 15 is 0 Å². The van der Waals surface area contributed by atoms with Gasteiger partial charge in [-0.05, 0) is 53.9 Å². The van der Waals surface area contributed by atoms with E-state index in [1.54, 1.807) is 11.8 Å². The number of benzene rings is 1. The monoisotopic (exact) mass is 343 g/mol. The van der Waals surface area contributed by atoms with Crippen LogP contribution >= 0.6 is 15.9 Å². The number of carbonyl (C=O) groups is 2. The second-order valence-electron chi connectivity index (χ2n) is 4.95. The van der Waals surface area contributed by atoms with Crippen molar-refractivity contribution in [2.75, 3.05) is 6.54 Å². The first-order chi connectivity index (χ1) is 9.41. The van der Waals surface area contributed by atoms with Gasteiger partial charge in [0, 0.05) is 18.2 Å². The summed E-state index contributed by atoms with van der Waals surface area (Å²) in [7, 11) is 0. The molecule has 0 unspecified atom stereocenters. The van der Waals surface area contributed by atoms with Crippen LogP contribution in [0.5, 0.6) is 0 Å². The number of halogens is 2. The standard InChI is InChI=1S/C14H15BrFNO3/c1-8-10(14(19)20)3-2-6-17(8)13(18)9-4-5-12(16)11(15)7-9/h4-5,7-8,10H,2-3,6H2,1H3,(H,19,20)/t8-,10-/m1/s1. The molecule has 1 heterocycles. The second-order valence-corrected chi connectivity index (χ2v) is 5.81. The van der Waals surface area contributed by atoms with Crippen LogP contribution in [0.4, 0.5) is 4.39 Å². The largest absolute Gasteiger partial charge is 0.481 e. The molecule has 1 aliphatic heterocycles. The Kier molecular flexibility index (Phi) is 4.42. The predicted molar refractivity (Wildman–Crippen MR) is 75.0 cm³/mol. The van der Waals surface area contributed by atoms with Crippen LogP contribution in [-0.4, -0.2) is 34.5 Å². The van der Waals surface area contributed by atoms with Crippen molar-refractivity contribution < 1.29 is 19.1 Å². The number of carboxylic acids is 1. The highest BCUT2D eigenvalue weighted by molar-refractivity contribution is 9.10. The molecule has 1 N–H and O–H groups in total. The van der Waals surface area contributed by atoms with E-state index in [4.69, 9.17) is 5.11 Å². The third-order valence-corrected chi connectivity index (χ3v) is 4.34. The smallest absolute Gasteiger partial charge is 0.308 e. The topological polar surface area (TPSA) is 57.6 Å². The van der Waals surface area contributed by atoms with Crippen LogP contribution in [0.25, 0.3) is 0 Å². The lowest BCUT2D eigenvalue weighted by molar-refractivity contribution is -0.144. The summed E-state index contributed by atoms with van der Waals surface area (Å²) in [5, 5.41) is 9.16. The van der Waals surface area contributed by atoms with Gasteiger partial charge in [0.2, 0.25) is 0 Å². The van der Waals surface area contributed by atoms with Crippen LogP contribution in [0.15, 0.2) is 22.7 Å². The summed E-state index contributed by atoms with van der Waals surface area (Å²) in [6, 6.07) is 3.70. The average molecular weight is 344 g/mol. The van der Waals surface area contributed by atoms with E-state index in [-0.39, 0.29) is 16.4 Å². The number of nitrogens with zero attached hydrogens (tertiary/aromatic N) is 1. The molecule has 1 saturated heterocycles. The number of aliphatic carboxylic acids is 1. The summed E-state index contributed by atoms with van der Waals surface area (Å²) in [4.78, 5) is 25.2.